The van der Waals surface area contributed by atoms with Crippen LogP contribution in [0, 0.1) is 5.92 Å². The van der Waals surface area contributed by atoms with Gasteiger partial charge in [-0.3, -0.25) is 14.4 Å². The van der Waals surface area contributed by atoms with Crippen molar-refractivity contribution >= 4 is 36.3 Å². The Morgan fingerprint density at radius 1 is 0.966 bits per heavy atom. The molecule has 10 nitrogen and oxygen atoms in total. The number of nitrogens with one attached hydrogen (secondary N) is 3. The largest absolute Gasteiger partial charge is 0.480 e. The van der Waals surface area contributed by atoms with Gasteiger partial charge in [0, 0.05) is 5.75 Å². The molecule has 0 aromatic heterocycles. The van der Waals surface area contributed by atoms with Crippen LogP contribution in [0.4, 0.5) is 0 Å². The number of carboxylic acids is 1. The Balaban J connectivity index is 4.80. The van der Waals surface area contributed by atoms with Crippen LogP contribution in [0.5, 0.6) is 0 Å². The Bertz CT molecular complexity index is 563. The summed E-state index contributed by atoms with van der Waals surface area (Å²) in [5, 5.41) is 16.6. The zero-order valence-corrected chi connectivity index (χ0v) is 18.2. The van der Waals surface area contributed by atoms with E-state index in [1.165, 1.54) is 6.92 Å². The van der Waals surface area contributed by atoms with Crippen LogP contribution in [-0.2, 0) is 19.2 Å². The lowest BCUT2D eigenvalue weighted by Gasteiger charge is -2.23. The second-order valence-electron chi connectivity index (χ2n) is 7.07. The van der Waals surface area contributed by atoms with Crippen LogP contribution in [0.2, 0.25) is 0 Å². The second kappa shape index (κ2) is 14.2. The first-order valence-electron chi connectivity index (χ1n) is 9.79. The molecule has 5 unspecified atom stereocenters. The molecule has 0 aromatic rings. The maximum absolute atomic E-state index is 12.4. The van der Waals surface area contributed by atoms with E-state index < -0.39 is 47.9 Å². The second-order valence-corrected chi connectivity index (χ2v) is 7.43. The van der Waals surface area contributed by atoms with Crippen molar-refractivity contribution in [2.75, 3.05) is 12.3 Å². The molecule has 0 aliphatic heterocycles. The van der Waals surface area contributed by atoms with Gasteiger partial charge in [-0.15, -0.1) is 0 Å². The Morgan fingerprint density at radius 3 is 2.03 bits per heavy atom. The normalized spacial score (nSPS) is 16.1. The summed E-state index contributed by atoms with van der Waals surface area (Å²) in [4.78, 5) is 48.1. The Morgan fingerprint density at radius 2 is 1.55 bits per heavy atom. The van der Waals surface area contributed by atoms with Crippen molar-refractivity contribution in [2.45, 2.75) is 70.6 Å². The molecule has 0 radical (unpaired) electrons. The molecule has 0 aliphatic carbocycles. The van der Waals surface area contributed by atoms with E-state index in [1.54, 1.807) is 0 Å². The van der Waals surface area contributed by atoms with Gasteiger partial charge in [0.25, 0.3) is 0 Å². The number of hydrogen-bond donors (Lipinski definition) is 7. The molecular weight excluding hydrogens is 398 g/mol. The summed E-state index contributed by atoms with van der Waals surface area (Å²) in [5.41, 5.74) is 11.2. The fraction of sp³-hybridized carbons (Fsp3) is 0.778. The van der Waals surface area contributed by atoms with E-state index in [4.69, 9.17) is 11.5 Å². The maximum Gasteiger partial charge on any atom is 0.326 e. The van der Waals surface area contributed by atoms with Gasteiger partial charge in [0.2, 0.25) is 17.7 Å². The third-order valence-corrected chi connectivity index (χ3v) is 5.05. The number of rotatable bonds is 14. The van der Waals surface area contributed by atoms with Crippen molar-refractivity contribution < 1.29 is 24.3 Å². The first-order valence-corrected chi connectivity index (χ1v) is 10.4. The van der Waals surface area contributed by atoms with Crippen LogP contribution in [0.1, 0.15) is 46.5 Å². The molecule has 8 N–H and O–H groups in total. The smallest absolute Gasteiger partial charge is 0.326 e. The van der Waals surface area contributed by atoms with Crippen molar-refractivity contribution in [3.8, 4) is 0 Å². The Kier molecular flexibility index (Phi) is 13.3. The highest BCUT2D eigenvalue weighted by Crippen LogP contribution is 2.06. The highest BCUT2D eigenvalue weighted by atomic mass is 32.1. The number of carbonyl (C=O) groups excluding carboxylic acids is 3. The minimum Gasteiger partial charge on any atom is -0.480 e. The summed E-state index contributed by atoms with van der Waals surface area (Å²) in [7, 11) is 0. The van der Waals surface area contributed by atoms with Gasteiger partial charge in [0.05, 0.1) is 6.04 Å². The molecule has 0 rings (SSSR count). The molecule has 29 heavy (non-hydrogen) atoms. The molecule has 5 atom stereocenters. The topological polar surface area (TPSA) is 177 Å². The van der Waals surface area contributed by atoms with Crippen molar-refractivity contribution in [2.24, 2.45) is 17.4 Å². The standard InChI is InChI=1S/C18H35N5O5S/c1-4-10(2)14(20)17(26)21-11(3)15(24)23-13(9-29)16(25)22-12(18(27)28)7-5-6-8-19/h10-14,29H,4-9,19-20H2,1-3H3,(H,21,26)(H,22,25)(H,23,24)(H,27,28). The third kappa shape index (κ3) is 9.95. The number of unbranched alkanes of at least 4 members (excludes halogenated alkanes) is 1. The number of aliphatic carboxylic acids is 1. The van der Waals surface area contributed by atoms with E-state index in [-0.39, 0.29) is 18.1 Å². The number of amides is 3. The van der Waals surface area contributed by atoms with Gasteiger partial charge in [-0.25, -0.2) is 4.79 Å². The molecule has 0 heterocycles. The molecule has 0 fully saturated rings. The summed E-state index contributed by atoms with van der Waals surface area (Å²) >= 11 is 4.05. The summed E-state index contributed by atoms with van der Waals surface area (Å²) in [6.45, 7) is 5.64. The molecule has 0 aliphatic rings. The van der Waals surface area contributed by atoms with E-state index in [0.29, 0.717) is 25.8 Å². The lowest BCUT2D eigenvalue weighted by Crippen LogP contribution is -2.57. The summed E-state index contributed by atoms with van der Waals surface area (Å²) in [5.74, 6) is -2.98. The van der Waals surface area contributed by atoms with Crippen LogP contribution in [-0.4, -0.2) is 65.3 Å². The minimum absolute atomic E-state index is 0.0419. The van der Waals surface area contributed by atoms with E-state index in [1.807, 2.05) is 13.8 Å². The van der Waals surface area contributed by atoms with E-state index >= 15 is 0 Å². The van der Waals surface area contributed by atoms with Crippen molar-refractivity contribution in [1.82, 2.24) is 16.0 Å². The van der Waals surface area contributed by atoms with Gasteiger partial charge >= 0.3 is 5.97 Å². The average molecular weight is 434 g/mol. The first-order chi connectivity index (χ1) is 13.6. The number of nitrogens with two attached hydrogens (primary N) is 2. The van der Waals surface area contributed by atoms with Crippen LogP contribution in [0.25, 0.3) is 0 Å². The third-order valence-electron chi connectivity index (χ3n) is 4.69. The average Bonchev–Trinajstić information content (AvgIpc) is 2.69. The number of carbonyl (C=O) groups is 4. The van der Waals surface area contributed by atoms with Crippen molar-refractivity contribution in [3.05, 3.63) is 0 Å². The lowest BCUT2D eigenvalue weighted by molar-refractivity contribution is -0.142. The number of carboxylic acid groups (broad SMARTS) is 1. The Hall–Kier alpha value is -1.85. The lowest BCUT2D eigenvalue weighted by atomic mass is 9.99. The van der Waals surface area contributed by atoms with E-state index in [0.717, 1.165) is 0 Å². The maximum atomic E-state index is 12.4. The van der Waals surface area contributed by atoms with Crippen molar-refractivity contribution in [1.29, 1.82) is 0 Å². The Labute approximate surface area is 177 Å². The SMILES string of the molecule is CCC(C)C(N)C(=O)NC(C)C(=O)NC(CS)C(=O)NC(CCCCN)C(=O)O. The summed E-state index contributed by atoms with van der Waals surface area (Å²) < 4.78 is 0. The predicted molar refractivity (Wildman–Crippen MR) is 113 cm³/mol. The zero-order chi connectivity index (χ0) is 22.6. The van der Waals surface area contributed by atoms with Gasteiger partial charge in [0.1, 0.15) is 18.1 Å². The fourth-order valence-electron chi connectivity index (χ4n) is 2.40. The molecule has 0 saturated heterocycles. The van der Waals surface area contributed by atoms with Crippen LogP contribution in [0.15, 0.2) is 0 Å². The fourth-order valence-corrected chi connectivity index (χ4v) is 2.66. The van der Waals surface area contributed by atoms with Crippen LogP contribution in [0.3, 0.4) is 0 Å². The molecule has 0 aromatic carbocycles. The quantitative estimate of drug-likeness (QED) is 0.135. The highest BCUT2D eigenvalue weighted by molar-refractivity contribution is 7.80. The molecule has 0 saturated carbocycles. The van der Waals surface area contributed by atoms with E-state index in [2.05, 4.69) is 28.6 Å². The molecule has 3 amide bonds. The molecular formula is C18H35N5O5S. The van der Waals surface area contributed by atoms with Gasteiger partial charge < -0.3 is 32.5 Å². The molecule has 11 heteroatoms. The zero-order valence-electron chi connectivity index (χ0n) is 17.3. The molecule has 168 valence electrons. The van der Waals surface area contributed by atoms with Crippen LogP contribution < -0.4 is 27.4 Å². The predicted octanol–water partition coefficient (Wildman–Crippen LogP) is -1.02. The molecule has 0 bridgehead atoms. The summed E-state index contributed by atoms with van der Waals surface area (Å²) in [6.07, 6.45) is 2.13. The monoisotopic (exact) mass is 433 g/mol. The van der Waals surface area contributed by atoms with Gasteiger partial charge in [0.15, 0.2) is 0 Å². The van der Waals surface area contributed by atoms with Gasteiger partial charge in [-0.05, 0) is 38.6 Å². The minimum atomic E-state index is -1.17. The molecule has 0 spiro atoms. The van der Waals surface area contributed by atoms with Crippen LogP contribution >= 0.6 is 12.6 Å². The number of thiol groups is 1. The first kappa shape index (κ1) is 27.1. The van der Waals surface area contributed by atoms with Crippen molar-refractivity contribution in [3.63, 3.8) is 0 Å². The summed E-state index contributed by atoms with van der Waals surface area (Å²) in [6, 6.07) is -3.81. The van der Waals surface area contributed by atoms with E-state index in [9.17, 15) is 24.3 Å². The highest BCUT2D eigenvalue weighted by Gasteiger charge is 2.28. The van der Waals surface area contributed by atoms with Gasteiger partial charge in [-0.2, -0.15) is 12.6 Å². The van der Waals surface area contributed by atoms with Gasteiger partial charge in [-0.1, -0.05) is 20.3 Å². The number of hydrogen-bond acceptors (Lipinski definition) is 7.